The molecule has 0 fully saturated rings. The Balaban J connectivity index is 3.18. The van der Waals surface area contributed by atoms with Gasteiger partial charge in [0.25, 0.3) is 0 Å². The van der Waals surface area contributed by atoms with Crippen LogP contribution in [0, 0.1) is 5.92 Å². The number of amides is 5. The molecule has 0 bridgehead atoms. The highest BCUT2D eigenvalue weighted by Gasteiger charge is 2.32. The molecule has 1 aromatic carbocycles. The number of rotatable bonds is 25. The second kappa shape index (κ2) is 24.5. The third-order valence-electron chi connectivity index (χ3n) is 8.28. The number of aliphatic imine (C=N–C) groups is 2. The first-order valence-corrected chi connectivity index (χ1v) is 17.6. The van der Waals surface area contributed by atoms with E-state index in [1.54, 1.807) is 37.3 Å². The molecule has 54 heavy (non-hydrogen) atoms. The maximum atomic E-state index is 13.5. The molecule has 16 N–H and O–H groups in total. The molecule has 300 valence electrons. The van der Waals surface area contributed by atoms with Gasteiger partial charge in [0.2, 0.25) is 29.5 Å². The van der Waals surface area contributed by atoms with Crippen molar-refractivity contribution in [1.29, 1.82) is 0 Å². The minimum Gasteiger partial charge on any atom is -0.481 e. The lowest BCUT2D eigenvalue weighted by Gasteiger charge is -2.26. The van der Waals surface area contributed by atoms with Gasteiger partial charge < -0.3 is 65.2 Å². The summed E-state index contributed by atoms with van der Waals surface area (Å²) in [5.41, 5.74) is 28.1. The van der Waals surface area contributed by atoms with E-state index in [0.717, 1.165) is 0 Å². The molecular weight excluding hydrogens is 704 g/mol. The molecule has 20 nitrogen and oxygen atoms in total. The van der Waals surface area contributed by atoms with E-state index in [-0.39, 0.29) is 56.6 Å². The van der Waals surface area contributed by atoms with Crippen LogP contribution in [-0.4, -0.2) is 108 Å². The summed E-state index contributed by atoms with van der Waals surface area (Å²) in [6.07, 6.45) is 1.07. The predicted molar refractivity (Wildman–Crippen MR) is 201 cm³/mol. The van der Waals surface area contributed by atoms with Crippen molar-refractivity contribution in [3.05, 3.63) is 35.9 Å². The molecule has 20 heteroatoms. The summed E-state index contributed by atoms with van der Waals surface area (Å²) in [6.45, 7) is 5.20. The van der Waals surface area contributed by atoms with Crippen LogP contribution in [0.3, 0.4) is 0 Å². The number of guanidine groups is 2. The van der Waals surface area contributed by atoms with Gasteiger partial charge in [-0.05, 0) is 44.1 Å². The van der Waals surface area contributed by atoms with E-state index in [0.29, 0.717) is 24.7 Å². The summed E-state index contributed by atoms with van der Waals surface area (Å²) in [5, 5.41) is 22.0. The Morgan fingerprint density at radius 3 is 1.78 bits per heavy atom. The van der Waals surface area contributed by atoms with Crippen LogP contribution >= 0.6 is 0 Å². The highest BCUT2D eigenvalue weighted by atomic mass is 16.4. The molecule has 0 saturated carbocycles. The number of aldehydes is 1. The third-order valence-corrected chi connectivity index (χ3v) is 8.28. The van der Waals surface area contributed by atoms with Gasteiger partial charge >= 0.3 is 5.97 Å². The molecule has 0 aliphatic heterocycles. The van der Waals surface area contributed by atoms with Gasteiger partial charge in [-0.2, -0.15) is 0 Å². The molecule has 0 radical (unpaired) electrons. The Kier molecular flexibility index (Phi) is 20.9. The average Bonchev–Trinajstić information content (AvgIpc) is 3.12. The van der Waals surface area contributed by atoms with Crippen LogP contribution < -0.4 is 55.3 Å². The van der Waals surface area contributed by atoms with Crippen LogP contribution in [0.2, 0.25) is 0 Å². The van der Waals surface area contributed by atoms with Crippen molar-refractivity contribution in [2.45, 2.75) is 102 Å². The summed E-state index contributed by atoms with van der Waals surface area (Å²) in [6, 6.07) is 1.50. The van der Waals surface area contributed by atoms with Crippen LogP contribution in [0.15, 0.2) is 40.3 Å². The monoisotopic (exact) mass is 760 g/mol. The molecule has 0 saturated heterocycles. The maximum Gasteiger partial charge on any atom is 0.305 e. The van der Waals surface area contributed by atoms with E-state index in [2.05, 4.69) is 36.6 Å². The van der Waals surface area contributed by atoms with Gasteiger partial charge in [-0.25, -0.2) is 0 Å². The second-order valence-corrected chi connectivity index (χ2v) is 12.8. The van der Waals surface area contributed by atoms with Crippen molar-refractivity contribution in [3.8, 4) is 0 Å². The molecule has 0 spiro atoms. The molecule has 5 amide bonds. The van der Waals surface area contributed by atoms with Gasteiger partial charge in [-0.15, -0.1) is 0 Å². The van der Waals surface area contributed by atoms with Crippen molar-refractivity contribution < 1.29 is 38.7 Å². The standard InChI is InChI=1S/C34H56N12O8/c1-4-19(2)27(35)32(54)46-25(17-26(48)49)31(53)44-23(13-9-15-41-34(38)39)29(51)42-20(3)28(50)45-24(16-21-10-6-5-7-11-21)30(52)43-22(18-47)12-8-14-40-33(36)37/h5-7,10-11,18-20,22-25,27H,4,8-9,12-17,35H2,1-3H3,(H,42,51)(H,43,52)(H,44,53)(H,45,50)(H,46,54)(H,48,49)(H4,36,37,40)(H4,38,39,41)/t19-,20-,22-,23-,24-,25-,27-/m0/s1. The van der Waals surface area contributed by atoms with Crippen molar-refractivity contribution in [3.63, 3.8) is 0 Å². The number of hydrogen-bond donors (Lipinski definition) is 11. The van der Waals surface area contributed by atoms with Crippen molar-refractivity contribution in [2.24, 2.45) is 44.6 Å². The van der Waals surface area contributed by atoms with Gasteiger partial charge in [0.05, 0.1) is 18.5 Å². The van der Waals surface area contributed by atoms with Crippen LogP contribution in [0.25, 0.3) is 0 Å². The minimum absolute atomic E-state index is 0.0412. The quantitative estimate of drug-likeness (QED) is 0.0203. The number of benzene rings is 1. The molecule has 1 rings (SSSR count). The summed E-state index contributed by atoms with van der Waals surface area (Å²) in [5.74, 6) is -5.97. The number of carbonyl (C=O) groups excluding carboxylic acids is 6. The van der Waals surface area contributed by atoms with Crippen molar-refractivity contribution >= 4 is 53.7 Å². The molecule has 1 aromatic rings. The van der Waals surface area contributed by atoms with Crippen LogP contribution in [-0.2, 0) is 40.0 Å². The molecule has 0 aliphatic carbocycles. The molecular formula is C34H56N12O8. The van der Waals surface area contributed by atoms with E-state index in [1.807, 2.05) is 6.92 Å². The number of nitrogens with one attached hydrogen (secondary N) is 5. The Morgan fingerprint density at radius 1 is 0.722 bits per heavy atom. The summed E-state index contributed by atoms with van der Waals surface area (Å²) >= 11 is 0. The lowest BCUT2D eigenvalue weighted by atomic mass is 9.99. The van der Waals surface area contributed by atoms with Gasteiger partial charge in [-0.3, -0.25) is 38.8 Å². The number of nitrogens with zero attached hydrogens (tertiary/aromatic N) is 2. The number of nitrogens with two attached hydrogens (primary N) is 5. The molecule has 0 aromatic heterocycles. The molecule has 0 unspecified atom stereocenters. The maximum absolute atomic E-state index is 13.5. The lowest BCUT2D eigenvalue weighted by molar-refractivity contribution is -0.141. The van der Waals surface area contributed by atoms with Crippen LogP contribution in [0.4, 0.5) is 0 Å². The SMILES string of the molecule is CC[C@H](C)[C@H](N)C(=O)N[C@@H](CC(=O)O)C(=O)N[C@@H](CCCN=C(N)N)C(=O)N[C@@H](C)C(=O)N[C@@H](Cc1ccccc1)C(=O)N[C@H](C=O)CCCN=C(N)N. The number of carboxylic acid groups (broad SMARTS) is 1. The fourth-order valence-corrected chi connectivity index (χ4v) is 4.92. The van der Waals surface area contributed by atoms with Crippen molar-refractivity contribution in [2.75, 3.05) is 13.1 Å². The topological polar surface area (TPSA) is 355 Å². The first-order valence-electron chi connectivity index (χ1n) is 17.6. The van der Waals surface area contributed by atoms with E-state index in [9.17, 15) is 38.7 Å². The Labute approximate surface area is 314 Å². The Bertz CT molecular complexity index is 1470. The fraction of sp³-hybridized carbons (Fsp3) is 0.559. The molecule has 7 atom stereocenters. The Hall–Kier alpha value is -5.79. The summed E-state index contributed by atoms with van der Waals surface area (Å²) in [4.78, 5) is 97.4. The zero-order valence-corrected chi connectivity index (χ0v) is 31.0. The van der Waals surface area contributed by atoms with E-state index >= 15 is 0 Å². The minimum atomic E-state index is -1.59. The molecule has 0 heterocycles. The number of carboxylic acids is 1. The average molecular weight is 761 g/mol. The van der Waals surface area contributed by atoms with E-state index in [1.165, 1.54) is 6.92 Å². The summed E-state index contributed by atoms with van der Waals surface area (Å²) < 4.78 is 0. The van der Waals surface area contributed by atoms with E-state index in [4.69, 9.17) is 28.7 Å². The lowest BCUT2D eigenvalue weighted by Crippen LogP contribution is -2.59. The fourth-order valence-electron chi connectivity index (χ4n) is 4.92. The van der Waals surface area contributed by atoms with Crippen LogP contribution in [0.1, 0.15) is 64.9 Å². The van der Waals surface area contributed by atoms with Crippen molar-refractivity contribution in [1.82, 2.24) is 26.6 Å². The highest BCUT2D eigenvalue weighted by molar-refractivity contribution is 5.97. The second-order valence-electron chi connectivity index (χ2n) is 12.8. The van der Waals surface area contributed by atoms with Gasteiger partial charge in [-0.1, -0.05) is 50.6 Å². The van der Waals surface area contributed by atoms with Gasteiger partial charge in [0, 0.05) is 19.5 Å². The summed E-state index contributed by atoms with van der Waals surface area (Å²) in [7, 11) is 0. The van der Waals surface area contributed by atoms with Gasteiger partial charge in [0.1, 0.15) is 30.5 Å². The Morgan fingerprint density at radius 2 is 1.24 bits per heavy atom. The number of aliphatic carboxylic acids is 1. The smallest absolute Gasteiger partial charge is 0.305 e. The zero-order chi connectivity index (χ0) is 40.8. The number of hydrogen-bond acceptors (Lipinski definition) is 10. The number of carbonyl (C=O) groups is 7. The van der Waals surface area contributed by atoms with E-state index < -0.39 is 78.2 Å². The predicted octanol–water partition coefficient (Wildman–Crippen LogP) is -3.17. The third kappa shape index (κ3) is 18.1. The first kappa shape index (κ1) is 46.2. The van der Waals surface area contributed by atoms with Gasteiger partial charge in [0.15, 0.2) is 11.9 Å². The largest absolute Gasteiger partial charge is 0.481 e. The highest BCUT2D eigenvalue weighted by Crippen LogP contribution is 2.09. The van der Waals surface area contributed by atoms with Crippen LogP contribution in [0.5, 0.6) is 0 Å². The molecule has 0 aliphatic rings. The zero-order valence-electron chi connectivity index (χ0n) is 31.0. The normalized spacial score (nSPS) is 14.6. The first-order chi connectivity index (χ1) is 25.5.